The Labute approximate surface area is 278 Å². The van der Waals surface area contributed by atoms with Gasteiger partial charge in [-0.15, -0.1) is 11.3 Å². The highest BCUT2D eigenvalue weighted by molar-refractivity contribution is 7.26. The number of aromatic nitrogens is 1. The monoisotopic (exact) mass is 622 g/mol. The molecule has 0 fully saturated rings. The van der Waals surface area contributed by atoms with Gasteiger partial charge in [0, 0.05) is 47.7 Å². The molecule has 2 heterocycles. The lowest BCUT2D eigenvalue weighted by Gasteiger charge is -2.28. The molecule has 3 heteroatoms. The third-order valence-electron chi connectivity index (χ3n) is 9.50. The number of para-hydroxylation sites is 3. The van der Waals surface area contributed by atoms with E-state index in [9.17, 15) is 0 Å². The van der Waals surface area contributed by atoms with Crippen molar-refractivity contribution in [2.24, 2.45) is 0 Å². The predicted octanol–water partition coefficient (Wildman–Crippen LogP) is 13.1. The van der Waals surface area contributed by atoms with Crippen LogP contribution in [0.3, 0.4) is 0 Å². The van der Waals surface area contributed by atoms with Gasteiger partial charge in [0.2, 0.25) is 0 Å². The summed E-state index contributed by atoms with van der Waals surface area (Å²) in [4.78, 5) is 2.48. The van der Waals surface area contributed by atoms with Gasteiger partial charge in [-0.2, -0.15) is 0 Å². The second-order valence-electron chi connectivity index (χ2n) is 13.4. The number of anilines is 3. The van der Waals surface area contributed by atoms with E-state index >= 15 is 0 Å². The molecule has 0 amide bonds. The fraction of sp³-hybridized carbons (Fsp3) is 0.0909. The van der Waals surface area contributed by atoms with E-state index in [1.165, 1.54) is 69.7 Å². The fourth-order valence-electron chi connectivity index (χ4n) is 7.30. The molecular weight excluding hydrogens is 589 g/mol. The first-order valence-electron chi connectivity index (χ1n) is 16.3. The molecule has 226 valence electrons. The Morgan fingerprint density at radius 3 is 1.98 bits per heavy atom. The van der Waals surface area contributed by atoms with Gasteiger partial charge in [-0.3, -0.25) is 0 Å². The largest absolute Gasteiger partial charge is 0.308 e. The molecule has 0 unspecified atom stereocenters. The lowest BCUT2D eigenvalue weighted by Crippen LogP contribution is -2.13. The van der Waals surface area contributed by atoms with E-state index in [1.54, 1.807) is 0 Å². The van der Waals surface area contributed by atoms with Crippen LogP contribution in [-0.4, -0.2) is 4.57 Å². The van der Waals surface area contributed by atoms with Crippen LogP contribution in [0.2, 0.25) is 0 Å². The summed E-state index contributed by atoms with van der Waals surface area (Å²) in [5, 5.41) is 7.67. The van der Waals surface area contributed by atoms with Crippen molar-refractivity contribution in [3.05, 3.63) is 157 Å². The van der Waals surface area contributed by atoms with Crippen LogP contribution in [0.5, 0.6) is 0 Å². The first-order valence-corrected chi connectivity index (χ1v) is 17.1. The Kier molecular flexibility index (Phi) is 6.28. The van der Waals surface area contributed by atoms with Gasteiger partial charge in [0.15, 0.2) is 0 Å². The highest BCUT2D eigenvalue weighted by atomic mass is 32.1. The molecule has 0 atom stereocenters. The van der Waals surface area contributed by atoms with Crippen molar-refractivity contribution in [2.75, 3.05) is 4.90 Å². The van der Waals surface area contributed by atoms with Crippen LogP contribution < -0.4 is 4.90 Å². The number of nitrogens with zero attached hydrogens (tertiary/aromatic N) is 2. The van der Waals surface area contributed by atoms with E-state index in [4.69, 9.17) is 0 Å². The third-order valence-corrected chi connectivity index (χ3v) is 10.6. The molecule has 0 radical (unpaired) electrons. The van der Waals surface area contributed by atoms with Crippen molar-refractivity contribution in [1.29, 1.82) is 0 Å². The number of hydrogen-bond acceptors (Lipinski definition) is 2. The predicted molar refractivity (Wildman–Crippen MR) is 205 cm³/mol. The lowest BCUT2D eigenvalue weighted by molar-refractivity contribution is 0.590. The minimum Gasteiger partial charge on any atom is -0.308 e. The zero-order chi connectivity index (χ0) is 31.7. The van der Waals surface area contributed by atoms with E-state index in [0.717, 1.165) is 11.4 Å². The van der Waals surface area contributed by atoms with Gasteiger partial charge >= 0.3 is 0 Å². The second kappa shape index (κ2) is 10.6. The molecule has 2 nitrogen and oxygen atoms in total. The Bertz CT molecular complexity index is 2620. The average Bonchev–Trinajstić information content (AvgIpc) is 3.65. The Balaban J connectivity index is 1.42. The van der Waals surface area contributed by atoms with Gasteiger partial charge in [-0.25, -0.2) is 0 Å². The summed E-state index contributed by atoms with van der Waals surface area (Å²) in [7, 11) is 0. The lowest BCUT2D eigenvalue weighted by atomic mass is 9.87. The maximum Gasteiger partial charge on any atom is 0.0782 e. The van der Waals surface area contributed by atoms with Gasteiger partial charge in [0.25, 0.3) is 0 Å². The fourth-order valence-corrected chi connectivity index (χ4v) is 8.46. The molecular formula is C44H34N2S. The number of benzene rings is 7. The smallest absolute Gasteiger partial charge is 0.0782 e. The van der Waals surface area contributed by atoms with Crippen LogP contribution in [0.15, 0.2) is 152 Å². The molecule has 0 saturated carbocycles. The molecule has 9 rings (SSSR count). The van der Waals surface area contributed by atoms with E-state index in [1.807, 2.05) is 11.3 Å². The van der Waals surface area contributed by atoms with E-state index < -0.39 is 0 Å². The molecule has 7 aromatic carbocycles. The summed E-state index contributed by atoms with van der Waals surface area (Å²) < 4.78 is 5.09. The zero-order valence-corrected chi connectivity index (χ0v) is 27.6. The topological polar surface area (TPSA) is 8.17 Å². The maximum absolute atomic E-state index is 2.48. The minimum atomic E-state index is 0.0340. The first-order chi connectivity index (χ1) is 23.0. The van der Waals surface area contributed by atoms with Crippen molar-refractivity contribution in [1.82, 2.24) is 4.57 Å². The Morgan fingerprint density at radius 2 is 1.17 bits per heavy atom. The second-order valence-corrected chi connectivity index (χ2v) is 14.5. The van der Waals surface area contributed by atoms with Crippen molar-refractivity contribution >= 4 is 81.1 Å². The highest BCUT2D eigenvalue weighted by Crippen LogP contribution is 2.48. The Hall–Kier alpha value is -5.38. The quantitative estimate of drug-likeness (QED) is 0.190. The van der Waals surface area contributed by atoms with Crippen LogP contribution in [-0.2, 0) is 5.41 Å². The summed E-state index contributed by atoms with van der Waals surface area (Å²) in [5.74, 6) is 0. The normalized spacial score (nSPS) is 12.1. The molecule has 9 aromatic rings. The van der Waals surface area contributed by atoms with Crippen LogP contribution in [0.4, 0.5) is 17.1 Å². The van der Waals surface area contributed by atoms with E-state index in [-0.39, 0.29) is 5.41 Å². The van der Waals surface area contributed by atoms with Gasteiger partial charge < -0.3 is 9.47 Å². The number of fused-ring (bicyclic) bond motifs is 8. The van der Waals surface area contributed by atoms with E-state index in [2.05, 4.69) is 182 Å². The molecule has 2 aromatic heterocycles. The molecule has 0 aliphatic rings. The maximum atomic E-state index is 2.48. The summed E-state index contributed by atoms with van der Waals surface area (Å²) in [6, 6.07) is 55.7. The van der Waals surface area contributed by atoms with Gasteiger partial charge in [-0.1, -0.05) is 124 Å². The molecule has 0 spiro atoms. The number of hydrogen-bond donors (Lipinski definition) is 0. The van der Waals surface area contributed by atoms with Crippen LogP contribution >= 0.6 is 11.3 Å². The van der Waals surface area contributed by atoms with Crippen molar-refractivity contribution < 1.29 is 0 Å². The summed E-state index contributed by atoms with van der Waals surface area (Å²) >= 11 is 1.88. The molecule has 0 aliphatic carbocycles. The van der Waals surface area contributed by atoms with Crippen molar-refractivity contribution in [2.45, 2.75) is 26.2 Å². The highest BCUT2D eigenvalue weighted by Gasteiger charge is 2.24. The standard InChI is InChI=1S/C44H34N2S/c1-44(2,3)29-15-13-18-31(27-29)46-37-24-11-9-20-33(37)35-23-14-25-38(43(35)46)45(30-16-5-4-6-17-30)39-28-41-42(34-21-8-7-19-32(34)39)36-22-10-12-26-40(36)47-41/h4-28H,1-3H3. The molecule has 0 N–H and O–H groups in total. The summed E-state index contributed by atoms with van der Waals surface area (Å²) in [6.45, 7) is 6.86. The first kappa shape index (κ1) is 27.9. The summed E-state index contributed by atoms with van der Waals surface area (Å²) in [5.41, 5.74) is 8.39. The molecule has 0 aliphatic heterocycles. The number of thiophene rings is 1. The minimum absolute atomic E-state index is 0.0340. The van der Waals surface area contributed by atoms with Crippen LogP contribution in [0.25, 0.3) is 58.4 Å². The van der Waals surface area contributed by atoms with Crippen LogP contribution in [0, 0.1) is 0 Å². The van der Waals surface area contributed by atoms with Crippen LogP contribution in [0.1, 0.15) is 26.3 Å². The summed E-state index contributed by atoms with van der Waals surface area (Å²) in [6.07, 6.45) is 0. The van der Waals surface area contributed by atoms with Gasteiger partial charge in [0.05, 0.1) is 22.4 Å². The Morgan fingerprint density at radius 1 is 0.511 bits per heavy atom. The van der Waals surface area contributed by atoms with Crippen molar-refractivity contribution in [3.8, 4) is 5.69 Å². The average molecular weight is 623 g/mol. The molecule has 47 heavy (non-hydrogen) atoms. The molecule has 0 saturated heterocycles. The number of rotatable bonds is 4. The zero-order valence-electron chi connectivity index (χ0n) is 26.7. The van der Waals surface area contributed by atoms with Gasteiger partial charge in [0.1, 0.15) is 0 Å². The third kappa shape index (κ3) is 4.38. The van der Waals surface area contributed by atoms with Gasteiger partial charge in [-0.05, 0) is 64.9 Å². The molecule has 0 bridgehead atoms. The van der Waals surface area contributed by atoms with E-state index in [0.29, 0.717) is 0 Å². The van der Waals surface area contributed by atoms with Crippen molar-refractivity contribution in [3.63, 3.8) is 0 Å². The SMILES string of the molecule is CC(C)(C)c1cccc(-n2c3ccccc3c3cccc(N(c4ccccc4)c4cc5sc6ccccc6c5c5ccccc45)c32)c1.